The van der Waals surface area contributed by atoms with Crippen LogP contribution in [0.3, 0.4) is 0 Å². The molecule has 3 N–H and O–H groups in total. The summed E-state index contributed by atoms with van der Waals surface area (Å²) in [5.74, 6) is 0. The van der Waals surface area contributed by atoms with Crippen molar-refractivity contribution in [2.75, 3.05) is 0 Å². The molecule has 1 rings (SSSR count). The Bertz CT molecular complexity index is 339. The Morgan fingerprint density at radius 3 is 1.32 bits per heavy atom. The van der Waals surface area contributed by atoms with Gasteiger partial charge in [-0.2, -0.15) is 14.7 Å². The maximum atomic E-state index is 9.67. The maximum Gasteiger partial charge on any atom is 0.406 e. The first-order valence-corrected chi connectivity index (χ1v) is 14.2. The van der Waals surface area contributed by atoms with E-state index >= 15 is 0 Å². The van der Waals surface area contributed by atoms with Crippen molar-refractivity contribution in [3.05, 3.63) is 0 Å². The molecule has 28 heavy (non-hydrogen) atoms. The summed E-state index contributed by atoms with van der Waals surface area (Å²) in [5.41, 5.74) is 0.141. The van der Waals surface area contributed by atoms with Gasteiger partial charge >= 0.3 is 7.94 Å². The highest BCUT2D eigenvalue weighted by molar-refractivity contribution is 7.59. The third-order valence-electron chi connectivity index (χ3n) is 7.13. The Hall–Kier alpha value is 0.310. The Balaban J connectivity index is 2.36. The summed E-state index contributed by atoms with van der Waals surface area (Å²) in [6, 6.07) is 0. The molecule has 0 amide bonds. The minimum absolute atomic E-state index is 0.260. The molecular formula is C24H50O3P+. The molecule has 0 aromatic heterocycles. The molecule has 0 saturated heterocycles. The molecule has 0 aromatic rings. The number of unbranched alkanes of at least 4 members (excludes halogenated alkanes) is 12. The molecule has 0 radical (unpaired) electrons. The first kappa shape index (κ1) is 26.3. The fourth-order valence-electron chi connectivity index (χ4n) is 5.10. The molecule has 0 atom stereocenters. The molecule has 0 aromatic carbocycles. The summed E-state index contributed by atoms with van der Waals surface area (Å²) in [5, 5.41) is 0. The van der Waals surface area contributed by atoms with Crippen molar-refractivity contribution in [3.8, 4) is 0 Å². The van der Waals surface area contributed by atoms with Crippen LogP contribution in [0.5, 0.6) is 0 Å². The molecule has 168 valence electrons. The van der Waals surface area contributed by atoms with Crippen molar-refractivity contribution < 1.29 is 14.7 Å². The zero-order valence-corrected chi connectivity index (χ0v) is 19.9. The van der Waals surface area contributed by atoms with Crippen molar-refractivity contribution in [2.24, 2.45) is 5.41 Å². The monoisotopic (exact) mass is 417 g/mol. The third kappa shape index (κ3) is 11.5. The van der Waals surface area contributed by atoms with Gasteiger partial charge in [0.25, 0.3) is 0 Å². The topological polar surface area (TPSA) is 60.7 Å². The van der Waals surface area contributed by atoms with Gasteiger partial charge in [0, 0.05) is 0 Å². The fraction of sp³-hybridized carbons (Fsp3) is 1.00. The van der Waals surface area contributed by atoms with Crippen LogP contribution in [0.1, 0.15) is 142 Å². The van der Waals surface area contributed by atoms with Gasteiger partial charge in [0.2, 0.25) is 0 Å². The molecule has 0 aliphatic heterocycles. The highest BCUT2D eigenvalue weighted by atomic mass is 31.2. The highest BCUT2D eigenvalue weighted by Gasteiger charge is 2.47. The largest absolute Gasteiger partial charge is 0.406 e. The molecule has 1 aliphatic carbocycles. The van der Waals surface area contributed by atoms with Gasteiger partial charge in [0.1, 0.15) is 0 Å². The van der Waals surface area contributed by atoms with E-state index in [4.69, 9.17) is 0 Å². The SMILES string of the molecule is CCCCCCCCCC1(CCCCCCCCC)CCC([P+](O)(O)O)CC1. The molecule has 0 unspecified atom stereocenters. The minimum atomic E-state index is -3.64. The van der Waals surface area contributed by atoms with Crippen LogP contribution < -0.4 is 0 Å². The Labute approximate surface area is 176 Å². The maximum absolute atomic E-state index is 9.67. The summed E-state index contributed by atoms with van der Waals surface area (Å²) >= 11 is 0. The molecule has 4 heteroatoms. The van der Waals surface area contributed by atoms with Crippen molar-refractivity contribution in [2.45, 2.75) is 148 Å². The van der Waals surface area contributed by atoms with Crippen molar-refractivity contribution in [3.63, 3.8) is 0 Å². The van der Waals surface area contributed by atoms with Gasteiger partial charge in [-0.15, -0.1) is 0 Å². The van der Waals surface area contributed by atoms with Crippen LogP contribution in [0.25, 0.3) is 0 Å². The zero-order chi connectivity index (χ0) is 20.7. The van der Waals surface area contributed by atoms with E-state index in [1.807, 2.05) is 0 Å². The second kappa shape index (κ2) is 15.2. The van der Waals surface area contributed by atoms with Crippen molar-refractivity contribution in [1.29, 1.82) is 0 Å². The van der Waals surface area contributed by atoms with Gasteiger partial charge < -0.3 is 0 Å². The van der Waals surface area contributed by atoms with Crippen molar-refractivity contribution in [1.82, 2.24) is 0 Å². The van der Waals surface area contributed by atoms with E-state index in [-0.39, 0.29) is 5.66 Å². The molecule has 0 heterocycles. The Morgan fingerprint density at radius 2 is 0.964 bits per heavy atom. The second-order valence-corrected chi connectivity index (χ2v) is 11.5. The molecule has 1 saturated carbocycles. The van der Waals surface area contributed by atoms with Crippen molar-refractivity contribution >= 4 is 7.94 Å². The molecule has 1 aliphatic rings. The molecule has 1 fully saturated rings. The normalized spacial score (nSPS) is 17.9. The van der Waals surface area contributed by atoms with Gasteiger partial charge in [-0.1, -0.05) is 104 Å². The van der Waals surface area contributed by atoms with E-state index in [0.717, 1.165) is 25.7 Å². The van der Waals surface area contributed by atoms with Crippen LogP contribution in [0.2, 0.25) is 0 Å². The molecule has 3 nitrogen and oxygen atoms in total. The predicted octanol–water partition coefficient (Wildman–Crippen LogP) is 7.94. The number of hydrogen-bond donors (Lipinski definition) is 3. The van der Waals surface area contributed by atoms with Crippen LogP contribution in [-0.4, -0.2) is 20.3 Å². The predicted molar refractivity (Wildman–Crippen MR) is 123 cm³/mol. The third-order valence-corrected chi connectivity index (χ3v) is 8.62. The quantitative estimate of drug-likeness (QED) is 0.166. The lowest BCUT2D eigenvalue weighted by Gasteiger charge is -2.40. The first-order chi connectivity index (χ1) is 13.4. The lowest BCUT2D eigenvalue weighted by atomic mass is 9.68. The lowest BCUT2D eigenvalue weighted by molar-refractivity contribution is 0.139. The first-order valence-electron chi connectivity index (χ1n) is 12.5. The van der Waals surface area contributed by atoms with Gasteiger partial charge in [0.05, 0.1) is 0 Å². The summed E-state index contributed by atoms with van der Waals surface area (Å²) in [4.78, 5) is 29.0. The number of rotatable bonds is 17. The van der Waals surface area contributed by atoms with Crippen LogP contribution in [0.4, 0.5) is 0 Å². The molecule has 0 bridgehead atoms. The Morgan fingerprint density at radius 1 is 0.607 bits per heavy atom. The van der Waals surface area contributed by atoms with Crippen LogP contribution >= 0.6 is 7.94 Å². The van der Waals surface area contributed by atoms with Gasteiger partial charge in [-0.05, 0) is 43.9 Å². The van der Waals surface area contributed by atoms with Crippen LogP contribution in [0, 0.1) is 5.41 Å². The Kier molecular flexibility index (Phi) is 14.3. The molecular weight excluding hydrogens is 367 g/mol. The summed E-state index contributed by atoms with van der Waals surface area (Å²) in [7, 11) is -3.64. The van der Waals surface area contributed by atoms with Crippen LogP contribution in [0.15, 0.2) is 0 Å². The zero-order valence-electron chi connectivity index (χ0n) is 19.0. The second-order valence-electron chi connectivity index (χ2n) is 9.59. The minimum Gasteiger partial charge on any atom is -0.193 e. The van der Waals surface area contributed by atoms with Crippen LogP contribution in [-0.2, 0) is 0 Å². The average Bonchev–Trinajstić information content (AvgIpc) is 2.66. The fourth-order valence-corrected chi connectivity index (χ4v) is 6.05. The van der Waals surface area contributed by atoms with E-state index in [2.05, 4.69) is 13.8 Å². The van der Waals surface area contributed by atoms with E-state index in [1.54, 1.807) is 0 Å². The molecule has 0 spiro atoms. The van der Waals surface area contributed by atoms with Gasteiger partial charge in [-0.3, -0.25) is 0 Å². The van der Waals surface area contributed by atoms with Gasteiger partial charge in [0.15, 0.2) is 5.66 Å². The highest BCUT2D eigenvalue weighted by Crippen LogP contribution is 2.59. The number of hydrogen-bond acceptors (Lipinski definition) is 3. The lowest BCUT2D eigenvalue weighted by Crippen LogP contribution is -2.31. The van der Waals surface area contributed by atoms with Gasteiger partial charge in [-0.25, -0.2) is 0 Å². The average molecular weight is 418 g/mol. The summed E-state index contributed by atoms with van der Waals surface area (Å²) in [6.45, 7) is 4.54. The standard InChI is InChI=1S/C24H50O3P/c1-3-5-7-9-11-13-15-19-24(20-16-14-12-10-8-6-4-2)21-17-23(18-22-24)28(25,26)27/h23,25-27H,3-22H2,1-2H3/q+1. The smallest absolute Gasteiger partial charge is 0.193 e. The summed E-state index contributed by atoms with van der Waals surface area (Å²) in [6.07, 6.45) is 25.3. The van der Waals surface area contributed by atoms with E-state index in [1.165, 1.54) is 103 Å². The summed E-state index contributed by atoms with van der Waals surface area (Å²) < 4.78 is 0. The van der Waals surface area contributed by atoms with E-state index in [0.29, 0.717) is 5.41 Å². The van der Waals surface area contributed by atoms with E-state index < -0.39 is 7.94 Å². The van der Waals surface area contributed by atoms with E-state index in [9.17, 15) is 14.7 Å².